The Morgan fingerprint density at radius 3 is 2.69 bits per heavy atom. The molecule has 7 nitrogen and oxygen atoms in total. The monoisotopic (exact) mass is 369 g/mol. The molecule has 0 N–H and O–H groups in total. The Kier molecular flexibility index (Phi) is 4.81. The zero-order valence-corrected chi connectivity index (χ0v) is 15.3. The number of anilines is 1. The molecule has 1 aliphatic heterocycles. The quantitative estimate of drug-likeness (QED) is 0.704. The second kappa shape index (κ2) is 7.39. The molecule has 0 bridgehead atoms. The topological polar surface area (TPSA) is 63.0 Å². The summed E-state index contributed by atoms with van der Waals surface area (Å²) < 4.78 is 1.77. The predicted molar refractivity (Wildman–Crippen MR) is 101 cm³/mol. The predicted octanol–water partition coefficient (Wildman–Crippen LogP) is 2.59. The van der Waals surface area contributed by atoms with Gasteiger partial charge in [0.05, 0.1) is 29.8 Å². The van der Waals surface area contributed by atoms with Crippen molar-refractivity contribution in [3.8, 4) is 5.69 Å². The van der Waals surface area contributed by atoms with Gasteiger partial charge in [0.25, 0.3) is 0 Å². The van der Waals surface area contributed by atoms with E-state index < -0.39 is 0 Å². The van der Waals surface area contributed by atoms with E-state index in [1.54, 1.807) is 17.1 Å². The fraction of sp³-hybridized carbons (Fsp3) is 0.333. The summed E-state index contributed by atoms with van der Waals surface area (Å²) in [5.74, 6) is 0.937. The zero-order chi connectivity index (χ0) is 17.9. The summed E-state index contributed by atoms with van der Waals surface area (Å²) in [5, 5.41) is 9.31. The van der Waals surface area contributed by atoms with E-state index in [4.69, 9.17) is 11.6 Å². The van der Waals surface area contributed by atoms with Gasteiger partial charge in [0.1, 0.15) is 5.82 Å². The number of hydrogen-bond donors (Lipinski definition) is 0. The molecule has 1 aromatic carbocycles. The van der Waals surface area contributed by atoms with Gasteiger partial charge in [-0.25, -0.2) is 9.67 Å². The van der Waals surface area contributed by atoms with Crippen LogP contribution in [0.5, 0.6) is 0 Å². The lowest BCUT2D eigenvalue weighted by Crippen LogP contribution is -2.47. The minimum absolute atomic E-state index is 0.201. The Balaban J connectivity index is 1.42. The van der Waals surface area contributed by atoms with E-state index in [2.05, 4.69) is 37.0 Å². The van der Waals surface area contributed by atoms with Crippen LogP contribution in [-0.2, 0) is 0 Å². The molecule has 1 saturated heterocycles. The first kappa shape index (κ1) is 16.9. The van der Waals surface area contributed by atoms with Crippen LogP contribution >= 0.6 is 11.6 Å². The molecule has 3 heterocycles. The van der Waals surface area contributed by atoms with Crippen LogP contribution in [0.15, 0.2) is 49.1 Å². The number of aromatic nitrogens is 5. The van der Waals surface area contributed by atoms with Crippen LogP contribution in [0.25, 0.3) is 5.69 Å². The summed E-state index contributed by atoms with van der Waals surface area (Å²) in [6, 6.07) is 7.81. The number of halogens is 1. The van der Waals surface area contributed by atoms with Crippen LogP contribution in [0.1, 0.15) is 18.7 Å². The maximum Gasteiger partial charge on any atom is 0.147 e. The van der Waals surface area contributed by atoms with E-state index in [-0.39, 0.29) is 6.04 Å². The van der Waals surface area contributed by atoms with E-state index in [0.717, 1.165) is 43.4 Å². The van der Waals surface area contributed by atoms with Gasteiger partial charge in [-0.2, -0.15) is 0 Å². The van der Waals surface area contributed by atoms with Gasteiger partial charge in [-0.3, -0.25) is 9.88 Å². The van der Waals surface area contributed by atoms with Crippen LogP contribution in [0.2, 0.25) is 5.02 Å². The summed E-state index contributed by atoms with van der Waals surface area (Å²) in [4.78, 5) is 13.2. The van der Waals surface area contributed by atoms with Gasteiger partial charge in [-0.05, 0) is 25.1 Å². The molecule has 1 unspecified atom stereocenters. The third-order valence-corrected chi connectivity index (χ3v) is 4.98. The first-order valence-electron chi connectivity index (χ1n) is 8.64. The number of rotatable bonds is 4. The van der Waals surface area contributed by atoms with Gasteiger partial charge in [0.15, 0.2) is 0 Å². The number of hydrogen-bond acceptors (Lipinski definition) is 6. The number of nitrogens with zero attached hydrogens (tertiary/aromatic N) is 7. The molecule has 0 radical (unpaired) electrons. The lowest BCUT2D eigenvalue weighted by molar-refractivity contribution is 0.195. The molecule has 0 amide bonds. The maximum absolute atomic E-state index is 6.07. The Labute approximate surface area is 157 Å². The van der Waals surface area contributed by atoms with Crippen molar-refractivity contribution in [2.75, 3.05) is 31.1 Å². The molecule has 8 heteroatoms. The van der Waals surface area contributed by atoms with Crippen molar-refractivity contribution in [2.45, 2.75) is 13.0 Å². The highest BCUT2D eigenvalue weighted by Crippen LogP contribution is 2.22. The summed E-state index contributed by atoms with van der Waals surface area (Å²) in [6.45, 7) is 5.91. The Hall–Kier alpha value is -2.51. The van der Waals surface area contributed by atoms with Crippen molar-refractivity contribution < 1.29 is 0 Å². The molecule has 3 aromatic rings. The summed E-state index contributed by atoms with van der Waals surface area (Å²) in [7, 11) is 0. The largest absolute Gasteiger partial charge is 0.353 e. The fourth-order valence-electron chi connectivity index (χ4n) is 3.19. The molecule has 1 atom stereocenters. The third-order valence-electron chi connectivity index (χ3n) is 4.75. The van der Waals surface area contributed by atoms with Gasteiger partial charge < -0.3 is 4.90 Å². The Bertz CT molecular complexity index is 859. The van der Waals surface area contributed by atoms with Crippen molar-refractivity contribution in [3.63, 3.8) is 0 Å². The standard InChI is InChI=1S/C18H20ClN7/c1-14(17-13-26(23-22-17)16-4-2-3-15(19)11-16)24-7-9-25(10-8-24)18-12-20-5-6-21-18/h2-6,11-14H,7-10H2,1H3. The van der Waals surface area contributed by atoms with E-state index in [1.165, 1.54) is 0 Å². The molecule has 4 rings (SSSR count). The highest BCUT2D eigenvalue weighted by atomic mass is 35.5. The van der Waals surface area contributed by atoms with Crippen molar-refractivity contribution in [1.82, 2.24) is 29.9 Å². The van der Waals surface area contributed by atoms with Crippen molar-refractivity contribution in [2.24, 2.45) is 0 Å². The molecule has 1 fully saturated rings. The Morgan fingerprint density at radius 2 is 1.96 bits per heavy atom. The van der Waals surface area contributed by atoms with E-state index in [9.17, 15) is 0 Å². The summed E-state index contributed by atoms with van der Waals surface area (Å²) in [5.41, 5.74) is 1.87. The lowest BCUT2D eigenvalue weighted by atomic mass is 10.2. The SMILES string of the molecule is CC(c1cn(-c2cccc(Cl)c2)nn1)N1CCN(c2cnccn2)CC1. The summed E-state index contributed by atoms with van der Waals surface area (Å²) >= 11 is 6.07. The average molecular weight is 370 g/mol. The van der Waals surface area contributed by atoms with Crippen LogP contribution in [0.4, 0.5) is 5.82 Å². The Morgan fingerprint density at radius 1 is 1.12 bits per heavy atom. The number of benzene rings is 1. The fourth-order valence-corrected chi connectivity index (χ4v) is 3.38. The van der Waals surface area contributed by atoms with Crippen molar-refractivity contribution in [1.29, 1.82) is 0 Å². The second-order valence-electron chi connectivity index (χ2n) is 6.33. The molecule has 0 spiro atoms. The average Bonchev–Trinajstić information content (AvgIpc) is 3.18. The smallest absolute Gasteiger partial charge is 0.147 e. The molecular weight excluding hydrogens is 350 g/mol. The van der Waals surface area contributed by atoms with Crippen molar-refractivity contribution >= 4 is 17.4 Å². The third kappa shape index (κ3) is 3.54. The van der Waals surface area contributed by atoms with Gasteiger partial charge in [0.2, 0.25) is 0 Å². The molecule has 134 valence electrons. The van der Waals surface area contributed by atoms with Crippen LogP contribution in [0, 0.1) is 0 Å². The van der Waals surface area contributed by atoms with Gasteiger partial charge in [-0.15, -0.1) is 5.10 Å². The molecule has 0 saturated carbocycles. The summed E-state index contributed by atoms with van der Waals surface area (Å²) in [6.07, 6.45) is 7.23. The van der Waals surface area contributed by atoms with Gasteiger partial charge >= 0.3 is 0 Å². The molecule has 26 heavy (non-hydrogen) atoms. The number of piperazine rings is 1. The first-order valence-corrected chi connectivity index (χ1v) is 9.02. The van der Waals surface area contributed by atoms with Crippen molar-refractivity contribution in [3.05, 3.63) is 59.8 Å². The zero-order valence-electron chi connectivity index (χ0n) is 14.5. The highest BCUT2D eigenvalue weighted by Gasteiger charge is 2.24. The molecule has 1 aliphatic rings. The molecule has 2 aromatic heterocycles. The second-order valence-corrected chi connectivity index (χ2v) is 6.77. The van der Waals surface area contributed by atoms with Gasteiger partial charge in [0, 0.05) is 43.6 Å². The molecule has 0 aliphatic carbocycles. The van der Waals surface area contributed by atoms with Crippen LogP contribution < -0.4 is 4.90 Å². The van der Waals surface area contributed by atoms with Gasteiger partial charge in [-0.1, -0.05) is 22.9 Å². The highest BCUT2D eigenvalue weighted by molar-refractivity contribution is 6.30. The lowest BCUT2D eigenvalue weighted by Gasteiger charge is -2.37. The maximum atomic E-state index is 6.07. The first-order chi connectivity index (χ1) is 12.7. The van der Waals surface area contributed by atoms with E-state index >= 15 is 0 Å². The molecular formula is C18H20ClN7. The van der Waals surface area contributed by atoms with Crippen LogP contribution in [0.3, 0.4) is 0 Å². The van der Waals surface area contributed by atoms with Crippen LogP contribution in [-0.4, -0.2) is 56.0 Å². The van der Waals surface area contributed by atoms with E-state index in [0.29, 0.717) is 5.02 Å². The minimum atomic E-state index is 0.201. The van der Waals surface area contributed by atoms with E-state index in [1.807, 2.05) is 36.7 Å². The normalized spacial score (nSPS) is 16.6. The minimum Gasteiger partial charge on any atom is -0.353 e.